The Labute approximate surface area is 156 Å². The van der Waals surface area contributed by atoms with Gasteiger partial charge in [0, 0.05) is 52.1 Å². The highest BCUT2D eigenvalue weighted by molar-refractivity contribution is 7.90. The molecule has 0 N–H and O–H groups in total. The maximum atomic E-state index is 12.1. The fraction of sp³-hybridized carbons (Fsp3) is 0.833. The summed E-state index contributed by atoms with van der Waals surface area (Å²) in [6.45, 7) is 7.64. The van der Waals surface area contributed by atoms with Crippen LogP contribution in [0.3, 0.4) is 0 Å². The predicted molar refractivity (Wildman–Crippen MR) is 98.8 cm³/mol. The zero-order valence-electron chi connectivity index (χ0n) is 15.6. The molecule has 2 aliphatic heterocycles. The maximum absolute atomic E-state index is 12.1. The van der Waals surface area contributed by atoms with E-state index in [9.17, 15) is 8.42 Å². The highest BCUT2D eigenvalue weighted by Gasteiger charge is 2.28. The molecule has 4 rings (SSSR count). The molecule has 0 amide bonds. The minimum absolute atomic E-state index is 0.0961. The lowest BCUT2D eigenvalue weighted by atomic mass is 10.2. The summed E-state index contributed by atoms with van der Waals surface area (Å²) >= 11 is 0. The van der Waals surface area contributed by atoms with Gasteiger partial charge in [-0.2, -0.15) is 0 Å². The van der Waals surface area contributed by atoms with Crippen molar-refractivity contribution >= 4 is 9.84 Å². The number of rotatable bonds is 7. The van der Waals surface area contributed by atoms with Crippen molar-refractivity contribution in [2.24, 2.45) is 5.92 Å². The molecule has 0 aromatic carbocycles. The third-order valence-corrected chi connectivity index (χ3v) is 6.70. The van der Waals surface area contributed by atoms with Crippen LogP contribution in [-0.4, -0.2) is 79.5 Å². The molecule has 3 fully saturated rings. The molecule has 0 bridgehead atoms. The molecule has 1 atom stereocenters. The summed E-state index contributed by atoms with van der Waals surface area (Å²) in [7, 11) is -3.34. The van der Waals surface area contributed by atoms with Crippen molar-refractivity contribution in [2.45, 2.75) is 50.0 Å². The zero-order chi connectivity index (χ0) is 18.1. The second kappa shape index (κ2) is 7.58. The van der Waals surface area contributed by atoms with E-state index in [1.54, 1.807) is 6.20 Å². The number of ether oxygens (including phenoxy) is 1. The molecule has 3 aliphatic rings. The van der Waals surface area contributed by atoms with Gasteiger partial charge in [-0.15, -0.1) is 0 Å². The molecule has 0 spiro atoms. The van der Waals surface area contributed by atoms with Gasteiger partial charge >= 0.3 is 0 Å². The van der Waals surface area contributed by atoms with Crippen molar-refractivity contribution in [3.05, 3.63) is 11.9 Å². The van der Waals surface area contributed by atoms with E-state index in [0.717, 1.165) is 63.8 Å². The van der Waals surface area contributed by atoms with E-state index in [4.69, 9.17) is 4.74 Å². The van der Waals surface area contributed by atoms with Crippen molar-refractivity contribution in [3.63, 3.8) is 0 Å². The average Bonchev–Trinajstić information content (AvgIpc) is 3.09. The van der Waals surface area contributed by atoms with Crippen LogP contribution in [0, 0.1) is 5.92 Å². The van der Waals surface area contributed by atoms with Crippen LogP contribution in [0.4, 0.5) is 0 Å². The van der Waals surface area contributed by atoms with Gasteiger partial charge in [-0.1, -0.05) is 0 Å². The van der Waals surface area contributed by atoms with Crippen molar-refractivity contribution in [1.29, 1.82) is 0 Å². The molecule has 1 aromatic rings. The zero-order valence-corrected chi connectivity index (χ0v) is 16.5. The van der Waals surface area contributed by atoms with E-state index in [1.807, 2.05) is 4.57 Å². The van der Waals surface area contributed by atoms with Gasteiger partial charge in [-0.25, -0.2) is 13.4 Å². The molecule has 0 radical (unpaired) electrons. The van der Waals surface area contributed by atoms with Crippen LogP contribution in [0.15, 0.2) is 11.4 Å². The number of nitrogens with zero attached hydrogens (tertiary/aromatic N) is 4. The smallest absolute Gasteiger partial charge is 0.227 e. The number of aromatic nitrogens is 2. The summed E-state index contributed by atoms with van der Waals surface area (Å²) in [5.74, 6) is 0.937. The van der Waals surface area contributed by atoms with Crippen LogP contribution in [0.25, 0.3) is 0 Å². The number of sulfone groups is 1. The summed E-state index contributed by atoms with van der Waals surface area (Å²) in [6, 6.07) is 0. The van der Waals surface area contributed by atoms with E-state index >= 15 is 0 Å². The second-order valence-electron chi connectivity index (χ2n) is 8.07. The minimum atomic E-state index is -3.34. The molecule has 1 aliphatic carbocycles. The van der Waals surface area contributed by atoms with Crippen molar-refractivity contribution in [3.8, 4) is 0 Å². The van der Waals surface area contributed by atoms with Crippen molar-refractivity contribution in [2.75, 3.05) is 45.6 Å². The van der Waals surface area contributed by atoms with Crippen LogP contribution < -0.4 is 0 Å². The van der Waals surface area contributed by atoms with Gasteiger partial charge in [-0.3, -0.25) is 4.90 Å². The topological polar surface area (TPSA) is 67.7 Å². The fourth-order valence-electron chi connectivity index (χ4n) is 4.03. The number of hydrogen-bond donors (Lipinski definition) is 0. The Morgan fingerprint density at radius 1 is 1.12 bits per heavy atom. The van der Waals surface area contributed by atoms with Gasteiger partial charge in [0.2, 0.25) is 15.0 Å². The summed E-state index contributed by atoms with van der Waals surface area (Å²) in [6.07, 6.45) is 7.91. The van der Waals surface area contributed by atoms with Gasteiger partial charge in [0.05, 0.1) is 24.5 Å². The van der Waals surface area contributed by atoms with Crippen LogP contribution in [0.2, 0.25) is 0 Å². The first-order valence-electron chi connectivity index (χ1n) is 9.80. The van der Waals surface area contributed by atoms with Gasteiger partial charge in [0.15, 0.2) is 0 Å². The van der Waals surface area contributed by atoms with E-state index in [-0.39, 0.29) is 11.3 Å². The Morgan fingerprint density at radius 3 is 2.46 bits per heavy atom. The lowest BCUT2D eigenvalue weighted by molar-refractivity contribution is 0.0911. The SMILES string of the molecule is CS(=O)(=O)c1ncc(CN2CCN(CC3CC3)CC2)n1CC1CCCO1. The van der Waals surface area contributed by atoms with Gasteiger partial charge < -0.3 is 14.2 Å². The minimum Gasteiger partial charge on any atom is -0.376 e. The lowest BCUT2D eigenvalue weighted by Gasteiger charge is -2.34. The summed E-state index contributed by atoms with van der Waals surface area (Å²) in [4.78, 5) is 9.22. The first-order chi connectivity index (χ1) is 12.5. The molecule has 1 unspecified atom stereocenters. The van der Waals surface area contributed by atoms with Crippen LogP contribution in [0.5, 0.6) is 0 Å². The first-order valence-corrected chi connectivity index (χ1v) is 11.7. The number of imidazole rings is 1. The van der Waals surface area contributed by atoms with E-state index < -0.39 is 9.84 Å². The Bertz CT molecular complexity index is 715. The Kier molecular flexibility index (Phi) is 5.36. The van der Waals surface area contributed by atoms with Crippen molar-refractivity contribution in [1.82, 2.24) is 19.4 Å². The molecule has 3 heterocycles. The Morgan fingerprint density at radius 2 is 1.85 bits per heavy atom. The van der Waals surface area contributed by atoms with Gasteiger partial charge in [0.1, 0.15) is 0 Å². The molecule has 2 saturated heterocycles. The summed E-state index contributed by atoms with van der Waals surface area (Å²) in [5, 5.41) is 0.176. The van der Waals surface area contributed by atoms with Crippen LogP contribution >= 0.6 is 0 Å². The predicted octanol–water partition coefficient (Wildman–Crippen LogP) is 0.993. The normalized spacial score (nSPS) is 25.8. The lowest BCUT2D eigenvalue weighted by Crippen LogP contribution is -2.46. The van der Waals surface area contributed by atoms with Crippen LogP contribution in [-0.2, 0) is 27.7 Å². The molecule has 8 heteroatoms. The van der Waals surface area contributed by atoms with Gasteiger partial charge in [-0.05, 0) is 31.6 Å². The van der Waals surface area contributed by atoms with Crippen molar-refractivity contribution < 1.29 is 13.2 Å². The summed E-state index contributed by atoms with van der Waals surface area (Å²) in [5.41, 5.74) is 0.983. The molecule has 26 heavy (non-hydrogen) atoms. The second-order valence-corrected chi connectivity index (χ2v) is 9.98. The quantitative estimate of drug-likeness (QED) is 0.701. The molecular formula is C18H30N4O3S. The molecule has 1 aromatic heterocycles. The summed E-state index contributed by atoms with van der Waals surface area (Å²) < 4.78 is 31.9. The highest BCUT2D eigenvalue weighted by atomic mass is 32.2. The molecule has 7 nitrogen and oxygen atoms in total. The molecule has 1 saturated carbocycles. The third kappa shape index (κ3) is 4.47. The first kappa shape index (κ1) is 18.4. The maximum Gasteiger partial charge on any atom is 0.227 e. The molecule has 146 valence electrons. The van der Waals surface area contributed by atoms with Gasteiger partial charge in [0.25, 0.3) is 0 Å². The Balaban J connectivity index is 1.42. The fourth-order valence-corrected chi connectivity index (χ4v) is 4.86. The third-order valence-electron chi connectivity index (χ3n) is 5.71. The highest BCUT2D eigenvalue weighted by Crippen LogP contribution is 2.30. The molecular weight excluding hydrogens is 352 g/mol. The van der Waals surface area contributed by atoms with E-state index in [2.05, 4.69) is 14.8 Å². The number of piperazine rings is 1. The average molecular weight is 383 g/mol. The van der Waals surface area contributed by atoms with Crippen LogP contribution in [0.1, 0.15) is 31.4 Å². The standard InChI is InChI=1S/C18H30N4O3S/c1-26(23,24)18-19-11-16(22(18)14-17-3-2-10-25-17)13-21-8-6-20(7-9-21)12-15-4-5-15/h11,15,17H,2-10,12-14H2,1H3. The number of hydrogen-bond acceptors (Lipinski definition) is 6. The Hall–Kier alpha value is -0.960. The van der Waals surface area contributed by atoms with E-state index in [0.29, 0.717) is 6.54 Å². The van der Waals surface area contributed by atoms with E-state index in [1.165, 1.54) is 25.6 Å². The largest absolute Gasteiger partial charge is 0.376 e. The monoisotopic (exact) mass is 382 g/mol.